The van der Waals surface area contributed by atoms with Crippen LogP contribution in [0.15, 0.2) is 6.07 Å². The van der Waals surface area contributed by atoms with Crippen LogP contribution in [0.2, 0.25) is 0 Å². The van der Waals surface area contributed by atoms with Crippen LogP contribution in [-0.4, -0.2) is 6.03 Å². The number of benzene rings is 1. The summed E-state index contributed by atoms with van der Waals surface area (Å²) in [5.74, 6) is -4.29. The first-order valence-corrected chi connectivity index (χ1v) is 3.64. The molecule has 6 heteroatoms. The molecule has 0 aliphatic rings. The van der Waals surface area contributed by atoms with Gasteiger partial charge in [0.2, 0.25) is 0 Å². The van der Waals surface area contributed by atoms with Crippen molar-refractivity contribution in [2.24, 2.45) is 5.73 Å². The molecular formula is C8H7F3N2O. The highest BCUT2D eigenvalue weighted by molar-refractivity contribution is 5.88. The minimum Gasteiger partial charge on any atom is -0.351 e. The second kappa shape index (κ2) is 3.57. The van der Waals surface area contributed by atoms with Gasteiger partial charge in [-0.3, -0.25) is 0 Å². The summed E-state index contributed by atoms with van der Waals surface area (Å²) < 4.78 is 38.2. The van der Waals surface area contributed by atoms with Crippen molar-refractivity contribution < 1.29 is 18.0 Å². The molecule has 0 aliphatic carbocycles. The van der Waals surface area contributed by atoms with Gasteiger partial charge in [0, 0.05) is 11.6 Å². The lowest BCUT2D eigenvalue weighted by atomic mass is 10.1. The lowest BCUT2D eigenvalue weighted by Crippen LogP contribution is -2.20. The van der Waals surface area contributed by atoms with Gasteiger partial charge in [0.05, 0.1) is 5.69 Å². The van der Waals surface area contributed by atoms with E-state index in [1.807, 2.05) is 5.32 Å². The highest BCUT2D eigenvalue weighted by atomic mass is 19.2. The van der Waals surface area contributed by atoms with Crippen LogP contribution < -0.4 is 11.1 Å². The van der Waals surface area contributed by atoms with Crippen LogP contribution in [0.3, 0.4) is 0 Å². The number of halogens is 3. The molecule has 0 saturated carbocycles. The number of urea groups is 1. The molecule has 76 valence electrons. The molecule has 0 unspecified atom stereocenters. The maximum absolute atomic E-state index is 12.9. The number of hydrogen-bond donors (Lipinski definition) is 2. The van der Waals surface area contributed by atoms with Gasteiger partial charge in [-0.1, -0.05) is 0 Å². The summed E-state index contributed by atoms with van der Waals surface area (Å²) in [6, 6.07) is -0.308. The Kier molecular flexibility index (Phi) is 2.64. The van der Waals surface area contributed by atoms with Gasteiger partial charge in [0.15, 0.2) is 17.5 Å². The van der Waals surface area contributed by atoms with E-state index in [-0.39, 0.29) is 11.3 Å². The molecule has 1 rings (SSSR count). The lowest BCUT2D eigenvalue weighted by Gasteiger charge is -2.07. The molecule has 1 aromatic rings. The maximum Gasteiger partial charge on any atom is 0.316 e. The monoisotopic (exact) mass is 204 g/mol. The van der Waals surface area contributed by atoms with E-state index >= 15 is 0 Å². The van der Waals surface area contributed by atoms with Gasteiger partial charge < -0.3 is 11.1 Å². The molecule has 0 atom stereocenters. The molecule has 0 bridgehead atoms. The van der Waals surface area contributed by atoms with Crippen molar-refractivity contribution in [3.8, 4) is 0 Å². The van der Waals surface area contributed by atoms with Crippen molar-refractivity contribution >= 4 is 11.7 Å². The minimum atomic E-state index is -1.57. The number of rotatable bonds is 1. The second-order valence-corrected chi connectivity index (χ2v) is 2.65. The third-order valence-electron chi connectivity index (χ3n) is 1.66. The zero-order valence-electron chi connectivity index (χ0n) is 7.20. The van der Waals surface area contributed by atoms with Crippen LogP contribution in [0, 0.1) is 24.4 Å². The number of hydrogen-bond acceptors (Lipinski definition) is 1. The van der Waals surface area contributed by atoms with Gasteiger partial charge in [-0.25, -0.2) is 18.0 Å². The SMILES string of the molecule is Cc1c(NC(N)=O)cc(F)c(F)c1F. The summed E-state index contributed by atoms with van der Waals surface area (Å²) in [5.41, 5.74) is 4.35. The third kappa shape index (κ3) is 1.78. The Morgan fingerprint density at radius 3 is 2.43 bits per heavy atom. The van der Waals surface area contributed by atoms with E-state index in [1.54, 1.807) is 0 Å². The smallest absolute Gasteiger partial charge is 0.316 e. The van der Waals surface area contributed by atoms with Crippen molar-refractivity contribution in [1.82, 2.24) is 0 Å². The van der Waals surface area contributed by atoms with E-state index in [4.69, 9.17) is 5.73 Å². The van der Waals surface area contributed by atoms with Crippen molar-refractivity contribution in [2.45, 2.75) is 6.92 Å². The van der Waals surface area contributed by atoms with E-state index in [1.165, 1.54) is 6.92 Å². The summed E-state index contributed by atoms with van der Waals surface area (Å²) >= 11 is 0. The molecular weight excluding hydrogens is 197 g/mol. The topological polar surface area (TPSA) is 55.1 Å². The number of carbonyl (C=O) groups is 1. The fourth-order valence-electron chi connectivity index (χ4n) is 0.949. The highest BCUT2D eigenvalue weighted by Gasteiger charge is 2.15. The largest absolute Gasteiger partial charge is 0.351 e. The van der Waals surface area contributed by atoms with Crippen LogP contribution in [0.5, 0.6) is 0 Å². The number of nitrogens with two attached hydrogens (primary N) is 1. The lowest BCUT2D eigenvalue weighted by molar-refractivity contribution is 0.259. The van der Waals surface area contributed by atoms with E-state index in [2.05, 4.69) is 0 Å². The average Bonchev–Trinajstić information content (AvgIpc) is 2.10. The van der Waals surface area contributed by atoms with Crippen LogP contribution in [0.25, 0.3) is 0 Å². The second-order valence-electron chi connectivity index (χ2n) is 2.65. The molecule has 2 amide bonds. The van der Waals surface area contributed by atoms with Gasteiger partial charge in [0.25, 0.3) is 0 Å². The summed E-state index contributed by atoms with van der Waals surface area (Å²) in [6.45, 7) is 1.20. The van der Waals surface area contributed by atoms with Crippen LogP contribution in [0.1, 0.15) is 5.56 Å². The Labute approximate surface area is 77.7 Å². The molecule has 1 aromatic carbocycles. The van der Waals surface area contributed by atoms with E-state index in [9.17, 15) is 18.0 Å². The summed E-state index contributed by atoms with van der Waals surface area (Å²) in [6.07, 6.45) is 0. The van der Waals surface area contributed by atoms with Crippen molar-refractivity contribution in [2.75, 3.05) is 5.32 Å². The van der Waals surface area contributed by atoms with Gasteiger partial charge in [-0.2, -0.15) is 0 Å². The number of nitrogens with one attached hydrogen (secondary N) is 1. The fourth-order valence-corrected chi connectivity index (χ4v) is 0.949. The first kappa shape index (κ1) is 10.4. The van der Waals surface area contributed by atoms with E-state index < -0.39 is 23.5 Å². The fraction of sp³-hybridized carbons (Fsp3) is 0.125. The Hall–Kier alpha value is -1.72. The third-order valence-corrected chi connectivity index (χ3v) is 1.66. The quantitative estimate of drug-likeness (QED) is 0.674. The Morgan fingerprint density at radius 2 is 1.93 bits per heavy atom. The molecule has 0 aliphatic heterocycles. The Bertz CT molecular complexity index is 393. The summed E-state index contributed by atoms with van der Waals surface area (Å²) in [7, 11) is 0. The number of carbonyl (C=O) groups excluding carboxylic acids is 1. The van der Waals surface area contributed by atoms with Gasteiger partial charge in [0.1, 0.15) is 0 Å². The molecule has 3 nitrogen and oxygen atoms in total. The van der Waals surface area contributed by atoms with Crippen molar-refractivity contribution in [1.29, 1.82) is 0 Å². The molecule has 0 saturated heterocycles. The first-order chi connectivity index (χ1) is 6.43. The number of amides is 2. The molecule has 0 heterocycles. The van der Waals surface area contributed by atoms with Crippen LogP contribution in [-0.2, 0) is 0 Å². The summed E-state index contributed by atoms with van der Waals surface area (Å²) in [5, 5.41) is 1.97. The van der Waals surface area contributed by atoms with E-state index in [0.717, 1.165) is 0 Å². The highest BCUT2D eigenvalue weighted by Crippen LogP contribution is 2.22. The van der Waals surface area contributed by atoms with Crippen molar-refractivity contribution in [3.05, 3.63) is 29.1 Å². The number of anilines is 1. The van der Waals surface area contributed by atoms with Gasteiger partial charge in [-0.05, 0) is 6.92 Å². The zero-order valence-corrected chi connectivity index (χ0v) is 7.20. The average molecular weight is 204 g/mol. The number of primary amides is 1. The predicted octanol–water partition coefficient (Wildman–Crippen LogP) is 1.90. The maximum atomic E-state index is 12.9. The molecule has 0 spiro atoms. The van der Waals surface area contributed by atoms with E-state index in [0.29, 0.717) is 6.07 Å². The standard InChI is InChI=1S/C8H7F3N2O/c1-3-5(13-8(12)14)2-4(9)7(11)6(3)10/h2H,1H3,(H3,12,13,14). The molecule has 3 N–H and O–H groups in total. The summed E-state index contributed by atoms with van der Waals surface area (Å²) in [4.78, 5) is 10.4. The zero-order chi connectivity index (χ0) is 10.9. The first-order valence-electron chi connectivity index (χ1n) is 3.64. The minimum absolute atomic E-state index is 0.186. The molecule has 14 heavy (non-hydrogen) atoms. The Balaban J connectivity index is 3.25. The Morgan fingerprint density at radius 1 is 1.36 bits per heavy atom. The normalized spacial score (nSPS) is 10.0. The van der Waals surface area contributed by atoms with Gasteiger partial charge >= 0.3 is 6.03 Å². The molecule has 0 radical (unpaired) electrons. The predicted molar refractivity (Wildman–Crippen MR) is 44.3 cm³/mol. The van der Waals surface area contributed by atoms with Crippen LogP contribution >= 0.6 is 0 Å². The van der Waals surface area contributed by atoms with Gasteiger partial charge in [-0.15, -0.1) is 0 Å². The van der Waals surface area contributed by atoms with Crippen LogP contribution in [0.4, 0.5) is 23.7 Å². The van der Waals surface area contributed by atoms with Crippen molar-refractivity contribution in [3.63, 3.8) is 0 Å². The molecule has 0 aromatic heterocycles. The molecule has 0 fully saturated rings.